The number of carbonyl (C=O) groups excluding carboxylic acids is 1. The molecule has 260 valence electrons. The molecule has 0 rings (SSSR count). The molecule has 0 saturated heterocycles. The van der Waals surface area contributed by atoms with Crippen LogP contribution in [0.2, 0.25) is 0 Å². The minimum Gasteiger partial charge on any atom is -0.550 e. The minimum atomic E-state index is -1.08. The number of unbranched alkanes of at least 4 members (excludes halogenated alkanes) is 30. The van der Waals surface area contributed by atoms with Gasteiger partial charge in [-0.15, -0.1) is 0 Å². The van der Waals surface area contributed by atoms with Crippen LogP contribution >= 0.6 is 0 Å². The first-order valence-electron chi connectivity index (χ1n) is 19.8. The van der Waals surface area contributed by atoms with Crippen LogP contribution in [0.5, 0.6) is 0 Å². The second kappa shape index (κ2) is 37.6. The molecule has 0 aromatic heterocycles. The maximum atomic E-state index is 8.89. The number of nitrogens with zero attached hydrogens (tertiary/aromatic N) is 1. The fourth-order valence-corrected chi connectivity index (χ4v) is 6.29. The molecule has 0 bridgehead atoms. The van der Waals surface area contributed by atoms with Crippen LogP contribution in [0.3, 0.4) is 0 Å². The molecular weight excluding hydrogens is 526 g/mol. The highest BCUT2D eigenvalue weighted by atomic mass is 16.4. The summed E-state index contributed by atoms with van der Waals surface area (Å²) in [6.45, 7) is 8.36. The van der Waals surface area contributed by atoms with Crippen LogP contribution in [0.4, 0.5) is 0 Å². The van der Waals surface area contributed by atoms with Gasteiger partial charge < -0.3 is 14.4 Å². The van der Waals surface area contributed by atoms with Gasteiger partial charge in [-0.25, -0.2) is 0 Å². The lowest BCUT2D eigenvalue weighted by Gasteiger charge is -2.30. The zero-order valence-electron chi connectivity index (χ0n) is 30.8. The third kappa shape index (κ3) is 46.0. The highest BCUT2D eigenvalue weighted by Gasteiger charge is 2.13. The number of hydrogen-bond donors (Lipinski definition) is 0. The van der Waals surface area contributed by atoms with Crippen LogP contribution < -0.4 is 5.11 Å². The van der Waals surface area contributed by atoms with Crippen LogP contribution in [-0.4, -0.2) is 37.6 Å². The van der Waals surface area contributed by atoms with E-state index < -0.39 is 5.97 Å². The first kappa shape index (κ1) is 44.6. The van der Waals surface area contributed by atoms with Gasteiger partial charge in [0.05, 0.1) is 27.2 Å². The van der Waals surface area contributed by atoms with E-state index in [1.54, 1.807) is 0 Å². The smallest absolute Gasteiger partial charge is 0.0782 e. The highest BCUT2D eigenvalue weighted by molar-refractivity contribution is 5.60. The molecule has 0 spiro atoms. The van der Waals surface area contributed by atoms with Gasteiger partial charge in [0.15, 0.2) is 0 Å². The Kier molecular flexibility index (Phi) is 39.0. The Morgan fingerprint density at radius 2 is 0.512 bits per heavy atom. The first-order chi connectivity index (χ1) is 20.9. The number of carbonyl (C=O) groups is 1. The highest BCUT2D eigenvalue weighted by Crippen LogP contribution is 2.16. The molecule has 0 aromatic rings. The van der Waals surface area contributed by atoms with Gasteiger partial charge in [-0.1, -0.05) is 194 Å². The molecule has 0 fully saturated rings. The van der Waals surface area contributed by atoms with E-state index in [9.17, 15) is 0 Å². The summed E-state index contributed by atoms with van der Waals surface area (Å²) in [5.74, 6) is -1.08. The average molecular weight is 610 g/mol. The van der Waals surface area contributed by atoms with Gasteiger partial charge in [-0.2, -0.15) is 0 Å². The van der Waals surface area contributed by atoms with Gasteiger partial charge >= 0.3 is 0 Å². The fourth-order valence-electron chi connectivity index (χ4n) is 6.29. The molecule has 0 N–H and O–H groups in total. The third-order valence-corrected chi connectivity index (χ3v) is 9.23. The van der Waals surface area contributed by atoms with Crippen molar-refractivity contribution in [2.45, 2.75) is 226 Å². The van der Waals surface area contributed by atoms with Gasteiger partial charge in [-0.05, 0) is 32.6 Å². The van der Waals surface area contributed by atoms with E-state index in [0.717, 1.165) is 6.92 Å². The SMILES string of the molecule is CC(=O)[O-].CCCCCCCCCCCCCCCCCC[N+](C)(C)CCCCCCCCCCCCCCCCCC. The van der Waals surface area contributed by atoms with Crippen molar-refractivity contribution in [1.29, 1.82) is 0 Å². The van der Waals surface area contributed by atoms with Crippen molar-refractivity contribution in [3.63, 3.8) is 0 Å². The summed E-state index contributed by atoms with van der Waals surface area (Å²) in [6.07, 6.45) is 46.9. The number of hydrogen-bond acceptors (Lipinski definition) is 2. The molecule has 0 heterocycles. The number of aliphatic carboxylic acids is 1. The Morgan fingerprint density at radius 1 is 0.372 bits per heavy atom. The predicted molar refractivity (Wildman–Crippen MR) is 192 cm³/mol. The summed E-state index contributed by atoms with van der Waals surface area (Å²) in [4.78, 5) is 8.89. The van der Waals surface area contributed by atoms with E-state index in [0.29, 0.717) is 0 Å². The lowest BCUT2D eigenvalue weighted by atomic mass is 10.0. The van der Waals surface area contributed by atoms with Gasteiger partial charge in [0, 0.05) is 5.97 Å². The molecular formula is C40H83NO2. The normalized spacial score (nSPS) is 11.5. The largest absolute Gasteiger partial charge is 0.550 e. The lowest BCUT2D eigenvalue weighted by Crippen LogP contribution is -2.41. The Balaban J connectivity index is 0. The molecule has 0 aromatic carbocycles. The molecule has 0 aliphatic rings. The van der Waals surface area contributed by atoms with Crippen LogP contribution in [-0.2, 0) is 4.79 Å². The molecule has 0 saturated carbocycles. The zero-order chi connectivity index (χ0) is 32.1. The Bertz CT molecular complexity index is 477. The lowest BCUT2D eigenvalue weighted by molar-refractivity contribution is -0.890. The van der Waals surface area contributed by atoms with Gasteiger partial charge in [0.25, 0.3) is 0 Å². The number of quaternary nitrogens is 1. The van der Waals surface area contributed by atoms with E-state index in [1.165, 1.54) is 223 Å². The van der Waals surface area contributed by atoms with E-state index in [1.807, 2.05) is 0 Å². The van der Waals surface area contributed by atoms with E-state index in [2.05, 4.69) is 27.9 Å². The van der Waals surface area contributed by atoms with Crippen LogP contribution in [0, 0.1) is 0 Å². The number of carboxylic acids is 1. The third-order valence-electron chi connectivity index (χ3n) is 9.23. The summed E-state index contributed by atoms with van der Waals surface area (Å²) in [5.41, 5.74) is 0. The van der Waals surface area contributed by atoms with Crippen LogP contribution in [0.25, 0.3) is 0 Å². The maximum absolute atomic E-state index is 8.89. The van der Waals surface area contributed by atoms with Crippen LogP contribution in [0.1, 0.15) is 226 Å². The second-order valence-electron chi connectivity index (χ2n) is 14.5. The standard InChI is InChI=1S/C38H80N.C2H4O2/c1-5-7-9-11-13-15-17-19-21-23-25-27-29-31-33-35-37-39(3,4)38-36-34-32-30-28-26-24-22-20-18-16-14-12-10-8-6-2;1-2(3)4/h5-38H2,1-4H3;1H3,(H,3,4)/q+1;/p-1. The van der Waals surface area contributed by atoms with Crippen LogP contribution in [0.15, 0.2) is 0 Å². The summed E-state index contributed by atoms with van der Waals surface area (Å²) in [6, 6.07) is 0. The first-order valence-corrected chi connectivity index (χ1v) is 19.8. The minimum absolute atomic E-state index is 0.972. The average Bonchev–Trinajstić information content (AvgIpc) is 2.96. The molecule has 43 heavy (non-hydrogen) atoms. The molecule has 0 amide bonds. The summed E-state index contributed by atoms with van der Waals surface area (Å²) in [5, 5.41) is 8.89. The monoisotopic (exact) mass is 610 g/mol. The Morgan fingerprint density at radius 3 is 0.674 bits per heavy atom. The van der Waals surface area contributed by atoms with Crippen molar-refractivity contribution in [3.05, 3.63) is 0 Å². The molecule has 3 nitrogen and oxygen atoms in total. The molecule has 0 radical (unpaired) electrons. The van der Waals surface area contributed by atoms with Crippen molar-refractivity contribution >= 4 is 5.97 Å². The van der Waals surface area contributed by atoms with Crippen molar-refractivity contribution < 1.29 is 14.4 Å². The summed E-state index contributed by atoms with van der Waals surface area (Å²) < 4.78 is 1.25. The Labute approximate surface area is 273 Å². The van der Waals surface area contributed by atoms with Gasteiger partial charge in [-0.3, -0.25) is 0 Å². The van der Waals surface area contributed by atoms with E-state index in [4.69, 9.17) is 9.90 Å². The quantitative estimate of drug-likeness (QED) is 0.0538. The molecule has 0 aliphatic heterocycles. The molecule has 3 heteroatoms. The van der Waals surface area contributed by atoms with E-state index >= 15 is 0 Å². The number of carboxylic acid groups (broad SMARTS) is 1. The molecule has 0 unspecified atom stereocenters. The van der Waals surface area contributed by atoms with E-state index in [-0.39, 0.29) is 0 Å². The topological polar surface area (TPSA) is 40.1 Å². The van der Waals surface area contributed by atoms with Crippen molar-refractivity contribution in [3.8, 4) is 0 Å². The van der Waals surface area contributed by atoms with Crippen molar-refractivity contribution in [1.82, 2.24) is 0 Å². The molecule has 0 atom stereocenters. The fraction of sp³-hybridized carbons (Fsp3) is 0.975. The summed E-state index contributed by atoms with van der Waals surface area (Å²) >= 11 is 0. The second-order valence-corrected chi connectivity index (χ2v) is 14.5. The van der Waals surface area contributed by atoms with Gasteiger partial charge in [0.1, 0.15) is 0 Å². The summed E-state index contributed by atoms with van der Waals surface area (Å²) in [7, 11) is 4.94. The van der Waals surface area contributed by atoms with Gasteiger partial charge in [0.2, 0.25) is 0 Å². The molecule has 0 aliphatic carbocycles. The maximum Gasteiger partial charge on any atom is 0.0782 e. The predicted octanol–water partition coefficient (Wildman–Crippen LogP) is 12.3. The zero-order valence-corrected chi connectivity index (χ0v) is 30.8. The number of rotatable bonds is 34. The van der Waals surface area contributed by atoms with Crippen molar-refractivity contribution in [2.24, 2.45) is 0 Å². The Hall–Kier alpha value is -0.570. The van der Waals surface area contributed by atoms with Crippen molar-refractivity contribution in [2.75, 3.05) is 27.2 Å².